The molecule has 4 nitrogen and oxygen atoms in total. The smallest absolute Gasteiger partial charge is 0.182 e. The van der Waals surface area contributed by atoms with Gasteiger partial charge in [0.25, 0.3) is 0 Å². The average Bonchev–Trinajstić information content (AvgIpc) is 2.40. The third-order valence-corrected chi connectivity index (χ3v) is 3.47. The Bertz CT molecular complexity index is 438. The molecule has 18 heavy (non-hydrogen) atoms. The first-order chi connectivity index (χ1) is 8.79. The van der Waals surface area contributed by atoms with Gasteiger partial charge in [0.2, 0.25) is 0 Å². The summed E-state index contributed by atoms with van der Waals surface area (Å²) in [4.78, 5) is 6.42. The van der Waals surface area contributed by atoms with Crippen molar-refractivity contribution in [2.45, 2.75) is 19.3 Å². The summed E-state index contributed by atoms with van der Waals surface area (Å²) in [5.41, 5.74) is 0.344. The molecule has 1 aromatic rings. The average molecular weight is 310 g/mol. The topological polar surface area (TPSA) is 49.1 Å². The van der Waals surface area contributed by atoms with E-state index in [-0.39, 0.29) is 0 Å². The minimum Gasteiger partial charge on any atom is -0.489 e. The van der Waals surface area contributed by atoms with Gasteiger partial charge in [-0.1, -0.05) is 6.42 Å². The lowest BCUT2D eigenvalue weighted by Crippen LogP contribution is -2.33. The van der Waals surface area contributed by atoms with Crippen LogP contribution in [-0.4, -0.2) is 36.1 Å². The molecule has 0 aliphatic carbocycles. The minimum absolute atomic E-state index is 0.344. The number of nitrogens with zero attached hydrogens (tertiary/aromatic N) is 3. The Hall–Kier alpha value is -1.12. The van der Waals surface area contributed by atoms with Crippen LogP contribution in [0.4, 0.5) is 0 Å². The van der Waals surface area contributed by atoms with Crippen LogP contribution in [0.5, 0.6) is 5.75 Å². The number of pyridine rings is 1. The Labute approximate surface area is 116 Å². The fraction of sp³-hybridized carbons (Fsp3) is 0.538. The number of nitriles is 1. The second-order valence-corrected chi connectivity index (χ2v) is 5.28. The van der Waals surface area contributed by atoms with E-state index >= 15 is 0 Å². The highest BCUT2D eigenvalue weighted by Crippen LogP contribution is 2.20. The van der Waals surface area contributed by atoms with Crippen molar-refractivity contribution in [1.82, 2.24) is 9.88 Å². The first kappa shape index (κ1) is 13.3. The van der Waals surface area contributed by atoms with Gasteiger partial charge in [0.1, 0.15) is 12.7 Å². The highest BCUT2D eigenvalue weighted by molar-refractivity contribution is 9.10. The van der Waals surface area contributed by atoms with Crippen molar-refractivity contribution < 1.29 is 4.74 Å². The molecule has 2 rings (SSSR count). The molecular formula is C13H16BrN3O. The van der Waals surface area contributed by atoms with Crippen molar-refractivity contribution in [1.29, 1.82) is 5.26 Å². The van der Waals surface area contributed by atoms with E-state index in [9.17, 15) is 0 Å². The van der Waals surface area contributed by atoms with Crippen LogP contribution >= 0.6 is 15.9 Å². The zero-order valence-corrected chi connectivity index (χ0v) is 11.8. The van der Waals surface area contributed by atoms with Gasteiger partial charge in [0.05, 0.1) is 0 Å². The fourth-order valence-electron chi connectivity index (χ4n) is 2.08. The summed E-state index contributed by atoms with van der Waals surface area (Å²) in [7, 11) is 0. The van der Waals surface area contributed by atoms with Gasteiger partial charge in [-0.2, -0.15) is 5.26 Å². The molecule has 0 atom stereocenters. The van der Waals surface area contributed by atoms with E-state index in [4.69, 9.17) is 10.00 Å². The molecule has 0 spiro atoms. The van der Waals surface area contributed by atoms with Crippen LogP contribution in [0.25, 0.3) is 0 Å². The third-order valence-electron chi connectivity index (χ3n) is 3.04. The molecule has 1 aromatic heterocycles. The molecule has 0 N–H and O–H groups in total. The maximum absolute atomic E-state index is 8.94. The molecule has 1 saturated heterocycles. The molecule has 5 heteroatoms. The first-order valence-corrected chi connectivity index (χ1v) is 6.99. The Morgan fingerprint density at radius 3 is 2.89 bits per heavy atom. The summed E-state index contributed by atoms with van der Waals surface area (Å²) in [6.45, 7) is 3.83. The van der Waals surface area contributed by atoms with Gasteiger partial charge in [-0.05, 0) is 47.9 Å². The van der Waals surface area contributed by atoms with Crippen LogP contribution in [-0.2, 0) is 0 Å². The number of halogens is 1. The first-order valence-electron chi connectivity index (χ1n) is 6.20. The lowest BCUT2D eigenvalue weighted by Gasteiger charge is -2.26. The van der Waals surface area contributed by atoms with Gasteiger partial charge < -0.3 is 4.74 Å². The summed E-state index contributed by atoms with van der Waals surface area (Å²) < 4.78 is 6.48. The fourth-order valence-corrected chi connectivity index (χ4v) is 2.39. The van der Waals surface area contributed by atoms with Crippen LogP contribution in [0.2, 0.25) is 0 Å². The number of hydrogen-bond acceptors (Lipinski definition) is 4. The van der Waals surface area contributed by atoms with E-state index in [1.165, 1.54) is 19.3 Å². The molecule has 0 unspecified atom stereocenters. The normalized spacial score (nSPS) is 16.2. The highest BCUT2D eigenvalue weighted by atomic mass is 79.9. The molecule has 96 valence electrons. The summed E-state index contributed by atoms with van der Waals surface area (Å²) >= 11 is 3.33. The van der Waals surface area contributed by atoms with Crippen LogP contribution in [0.1, 0.15) is 25.0 Å². The van der Waals surface area contributed by atoms with Crippen LogP contribution < -0.4 is 4.74 Å². The van der Waals surface area contributed by atoms with E-state index in [2.05, 4.69) is 25.8 Å². The number of aromatic nitrogens is 1. The SMILES string of the molecule is N#Cc1ncc(Br)cc1OCCN1CCCCC1. The van der Waals surface area contributed by atoms with Gasteiger partial charge >= 0.3 is 0 Å². The van der Waals surface area contributed by atoms with E-state index in [1.54, 1.807) is 12.3 Å². The number of piperidine rings is 1. The van der Waals surface area contributed by atoms with Crippen LogP contribution in [0, 0.1) is 11.3 Å². The summed E-state index contributed by atoms with van der Waals surface area (Å²) in [5, 5.41) is 8.94. The van der Waals surface area contributed by atoms with Gasteiger partial charge in [-0.15, -0.1) is 0 Å². The predicted molar refractivity (Wildman–Crippen MR) is 72.4 cm³/mol. The van der Waals surface area contributed by atoms with Crippen molar-refractivity contribution in [3.8, 4) is 11.8 Å². The molecule has 0 bridgehead atoms. The molecule has 0 aromatic carbocycles. The Morgan fingerprint density at radius 1 is 1.39 bits per heavy atom. The second kappa shape index (κ2) is 6.72. The Kier molecular flexibility index (Phi) is 4.97. The van der Waals surface area contributed by atoms with Crippen molar-refractivity contribution in [2.24, 2.45) is 0 Å². The predicted octanol–water partition coefficient (Wildman–Crippen LogP) is 2.58. The molecule has 1 aliphatic rings. The summed E-state index contributed by atoms with van der Waals surface area (Å²) in [6, 6.07) is 3.83. The highest BCUT2D eigenvalue weighted by Gasteiger charge is 2.11. The molecule has 1 aliphatic heterocycles. The standard InChI is InChI=1S/C13H16BrN3O/c14-11-8-13(12(9-15)16-10-11)18-7-6-17-4-2-1-3-5-17/h8,10H,1-7H2. The molecule has 0 amide bonds. The number of likely N-dealkylation sites (tertiary alicyclic amines) is 1. The minimum atomic E-state index is 0.344. The largest absolute Gasteiger partial charge is 0.489 e. The van der Waals surface area contributed by atoms with Crippen molar-refractivity contribution in [2.75, 3.05) is 26.2 Å². The quantitative estimate of drug-likeness (QED) is 0.857. The summed E-state index contributed by atoms with van der Waals surface area (Å²) in [5.74, 6) is 0.559. The van der Waals surface area contributed by atoms with Crippen LogP contribution in [0.3, 0.4) is 0 Å². The Morgan fingerprint density at radius 2 is 2.17 bits per heavy atom. The summed E-state index contributed by atoms with van der Waals surface area (Å²) in [6.07, 6.45) is 5.51. The Balaban J connectivity index is 1.86. The molecule has 0 radical (unpaired) electrons. The second-order valence-electron chi connectivity index (χ2n) is 4.36. The van der Waals surface area contributed by atoms with Gasteiger partial charge in [0.15, 0.2) is 11.4 Å². The number of ether oxygens (including phenoxy) is 1. The van der Waals surface area contributed by atoms with Gasteiger partial charge in [-0.25, -0.2) is 4.98 Å². The van der Waals surface area contributed by atoms with E-state index < -0.39 is 0 Å². The van der Waals surface area contributed by atoms with Gasteiger partial charge in [0, 0.05) is 17.2 Å². The lowest BCUT2D eigenvalue weighted by molar-refractivity contribution is 0.183. The zero-order chi connectivity index (χ0) is 12.8. The molecule has 0 saturated carbocycles. The van der Waals surface area contributed by atoms with Crippen molar-refractivity contribution >= 4 is 15.9 Å². The molecule has 2 heterocycles. The van der Waals surface area contributed by atoms with Gasteiger partial charge in [-0.3, -0.25) is 4.90 Å². The third kappa shape index (κ3) is 3.69. The van der Waals surface area contributed by atoms with E-state index in [0.29, 0.717) is 18.1 Å². The maximum atomic E-state index is 8.94. The van der Waals surface area contributed by atoms with E-state index in [1.807, 2.05) is 6.07 Å². The monoisotopic (exact) mass is 309 g/mol. The maximum Gasteiger partial charge on any atom is 0.182 e. The van der Waals surface area contributed by atoms with Crippen molar-refractivity contribution in [3.63, 3.8) is 0 Å². The van der Waals surface area contributed by atoms with Crippen LogP contribution in [0.15, 0.2) is 16.7 Å². The lowest BCUT2D eigenvalue weighted by atomic mass is 10.1. The number of hydrogen-bond donors (Lipinski definition) is 0. The number of rotatable bonds is 4. The zero-order valence-electron chi connectivity index (χ0n) is 10.2. The molecular weight excluding hydrogens is 294 g/mol. The van der Waals surface area contributed by atoms with E-state index in [0.717, 1.165) is 24.1 Å². The van der Waals surface area contributed by atoms with Crippen molar-refractivity contribution in [3.05, 3.63) is 22.4 Å². The molecule has 1 fully saturated rings.